The Morgan fingerprint density at radius 3 is 2.92 bits per heavy atom. The topological polar surface area (TPSA) is 50.8 Å². The van der Waals surface area contributed by atoms with E-state index in [1.54, 1.807) is 7.11 Å². The summed E-state index contributed by atoms with van der Waals surface area (Å²) in [7, 11) is 3.71. The van der Waals surface area contributed by atoms with Gasteiger partial charge < -0.3 is 19.7 Å². The molecular formula is C18H25ClN2O3. The van der Waals surface area contributed by atoms with E-state index in [-0.39, 0.29) is 24.4 Å². The summed E-state index contributed by atoms with van der Waals surface area (Å²) < 4.78 is 10.5. The zero-order valence-corrected chi connectivity index (χ0v) is 15.2. The molecule has 1 N–H and O–H groups in total. The predicted molar refractivity (Wildman–Crippen MR) is 96.8 cm³/mol. The second kappa shape index (κ2) is 7.79. The van der Waals surface area contributed by atoms with Gasteiger partial charge in [-0.15, -0.1) is 12.4 Å². The second-order valence-corrected chi connectivity index (χ2v) is 6.02. The Kier molecular flexibility index (Phi) is 5.99. The molecule has 2 aliphatic rings. The number of methoxy groups -OCH3 is 1. The van der Waals surface area contributed by atoms with Gasteiger partial charge in [-0.3, -0.25) is 0 Å². The molecule has 2 aliphatic heterocycles. The number of hydrogen-bond donors (Lipinski definition) is 1. The number of carbonyl (C=O) groups is 1. The number of ether oxygens (including phenoxy) is 2. The van der Waals surface area contributed by atoms with Crippen LogP contribution in [0, 0.1) is 0 Å². The third-order valence-corrected chi connectivity index (χ3v) is 4.58. The van der Waals surface area contributed by atoms with E-state index in [0.29, 0.717) is 6.61 Å². The van der Waals surface area contributed by atoms with Crippen molar-refractivity contribution in [2.24, 2.45) is 0 Å². The van der Waals surface area contributed by atoms with Gasteiger partial charge in [-0.05, 0) is 49.8 Å². The molecule has 24 heavy (non-hydrogen) atoms. The van der Waals surface area contributed by atoms with Crippen molar-refractivity contribution in [3.8, 4) is 5.75 Å². The number of nitrogens with one attached hydrogen (secondary N) is 1. The molecule has 0 amide bonds. The minimum Gasteiger partial charge on any atom is -0.497 e. The van der Waals surface area contributed by atoms with E-state index in [2.05, 4.69) is 16.3 Å². The molecular weight excluding hydrogens is 328 g/mol. The number of anilines is 1. The molecule has 0 saturated heterocycles. The average molecular weight is 353 g/mol. The molecule has 0 aromatic heterocycles. The monoisotopic (exact) mass is 352 g/mol. The molecule has 6 heteroatoms. The lowest BCUT2D eigenvalue weighted by Gasteiger charge is -2.33. The molecule has 0 saturated carbocycles. The van der Waals surface area contributed by atoms with Crippen molar-refractivity contribution in [2.45, 2.75) is 38.6 Å². The lowest BCUT2D eigenvalue weighted by atomic mass is 9.95. The molecule has 2 heterocycles. The Morgan fingerprint density at radius 2 is 2.21 bits per heavy atom. The third kappa shape index (κ3) is 3.46. The Morgan fingerprint density at radius 1 is 1.42 bits per heavy atom. The second-order valence-electron chi connectivity index (χ2n) is 6.02. The average Bonchev–Trinajstić information content (AvgIpc) is 2.78. The largest absolute Gasteiger partial charge is 0.497 e. The van der Waals surface area contributed by atoms with Crippen molar-refractivity contribution in [3.63, 3.8) is 0 Å². The van der Waals surface area contributed by atoms with Crippen LogP contribution in [0.4, 0.5) is 5.69 Å². The van der Waals surface area contributed by atoms with Crippen LogP contribution in [0.1, 0.15) is 31.7 Å². The van der Waals surface area contributed by atoms with E-state index < -0.39 is 0 Å². The van der Waals surface area contributed by atoms with Gasteiger partial charge in [0, 0.05) is 18.8 Å². The molecule has 1 aromatic carbocycles. The first-order valence-electron chi connectivity index (χ1n) is 8.20. The number of rotatable bonds is 3. The van der Waals surface area contributed by atoms with Crippen LogP contribution in [0.25, 0.3) is 0 Å². The van der Waals surface area contributed by atoms with Gasteiger partial charge >= 0.3 is 5.97 Å². The third-order valence-electron chi connectivity index (χ3n) is 4.58. The number of nitrogens with zero attached hydrogens (tertiary/aromatic N) is 1. The summed E-state index contributed by atoms with van der Waals surface area (Å²) >= 11 is 0. The number of hydrogen-bond acceptors (Lipinski definition) is 5. The van der Waals surface area contributed by atoms with Crippen LogP contribution in [0.5, 0.6) is 5.75 Å². The highest BCUT2D eigenvalue weighted by atomic mass is 35.5. The maximum atomic E-state index is 12.1. The van der Waals surface area contributed by atoms with Crippen LogP contribution < -0.4 is 15.0 Å². The lowest BCUT2D eigenvalue weighted by Crippen LogP contribution is -2.42. The van der Waals surface area contributed by atoms with Gasteiger partial charge in [-0.2, -0.15) is 0 Å². The van der Waals surface area contributed by atoms with E-state index in [1.165, 1.54) is 11.1 Å². The minimum absolute atomic E-state index is 0. The summed E-state index contributed by atoms with van der Waals surface area (Å²) in [5.74, 6) is 1.72. The van der Waals surface area contributed by atoms with Gasteiger partial charge in [0.1, 0.15) is 17.6 Å². The SMILES string of the molecule is CCOC(=O)C1CCCC2=C(N1)N(C)c1cc(OC)ccc1C2.Cl. The molecule has 1 atom stereocenters. The molecule has 0 aliphatic carbocycles. The highest BCUT2D eigenvalue weighted by Crippen LogP contribution is 2.37. The van der Waals surface area contributed by atoms with Crippen molar-refractivity contribution in [1.29, 1.82) is 0 Å². The summed E-state index contributed by atoms with van der Waals surface area (Å²) in [6.07, 6.45) is 3.73. The number of halogens is 1. The van der Waals surface area contributed by atoms with Crippen molar-refractivity contribution >= 4 is 24.1 Å². The molecule has 5 nitrogen and oxygen atoms in total. The maximum absolute atomic E-state index is 12.1. The molecule has 1 aromatic rings. The lowest BCUT2D eigenvalue weighted by molar-refractivity contribution is -0.145. The Bertz CT molecular complexity index is 645. The van der Waals surface area contributed by atoms with E-state index >= 15 is 0 Å². The van der Waals surface area contributed by atoms with Crippen LogP contribution in [-0.4, -0.2) is 32.8 Å². The number of benzene rings is 1. The number of carbonyl (C=O) groups excluding carboxylic acids is 1. The standard InChI is InChI=1S/C18H24N2O3.ClH/c1-4-23-18(21)15-7-5-6-13-10-12-8-9-14(22-3)11-16(12)20(2)17(13)19-15;/h8-9,11,15,19H,4-7,10H2,1-3H3;1H. The molecule has 132 valence electrons. The van der Waals surface area contributed by atoms with Gasteiger partial charge in [0.05, 0.1) is 13.7 Å². The van der Waals surface area contributed by atoms with Crippen molar-refractivity contribution in [2.75, 3.05) is 25.7 Å². The van der Waals surface area contributed by atoms with Crippen LogP contribution in [0.15, 0.2) is 29.6 Å². The van der Waals surface area contributed by atoms with Crippen molar-refractivity contribution in [3.05, 3.63) is 35.2 Å². The number of esters is 1. The summed E-state index contributed by atoms with van der Waals surface area (Å²) in [6.45, 7) is 2.26. The maximum Gasteiger partial charge on any atom is 0.328 e. The van der Waals surface area contributed by atoms with Crippen LogP contribution in [0.2, 0.25) is 0 Å². The van der Waals surface area contributed by atoms with E-state index in [9.17, 15) is 4.79 Å². The normalized spacial score (nSPS) is 19.3. The zero-order chi connectivity index (χ0) is 16.4. The van der Waals surface area contributed by atoms with Crippen molar-refractivity contribution in [1.82, 2.24) is 5.32 Å². The van der Waals surface area contributed by atoms with Crippen LogP contribution in [-0.2, 0) is 16.0 Å². The first kappa shape index (κ1) is 18.5. The highest BCUT2D eigenvalue weighted by molar-refractivity contribution is 5.85. The van der Waals surface area contributed by atoms with E-state index in [4.69, 9.17) is 9.47 Å². The highest BCUT2D eigenvalue weighted by Gasteiger charge is 2.30. The fraction of sp³-hybridized carbons (Fsp3) is 0.500. The molecule has 1 unspecified atom stereocenters. The van der Waals surface area contributed by atoms with Crippen molar-refractivity contribution < 1.29 is 14.3 Å². The molecule has 0 bridgehead atoms. The Balaban J connectivity index is 0.00000208. The summed E-state index contributed by atoms with van der Waals surface area (Å²) in [4.78, 5) is 14.3. The van der Waals surface area contributed by atoms with Crippen LogP contribution in [0.3, 0.4) is 0 Å². The minimum atomic E-state index is -0.267. The Labute approximate surface area is 149 Å². The smallest absolute Gasteiger partial charge is 0.328 e. The summed E-state index contributed by atoms with van der Waals surface area (Å²) in [5, 5.41) is 3.42. The van der Waals surface area contributed by atoms with Gasteiger partial charge in [0.25, 0.3) is 0 Å². The molecule has 0 radical (unpaired) electrons. The predicted octanol–water partition coefficient (Wildman–Crippen LogP) is 3.03. The molecule has 0 spiro atoms. The fourth-order valence-corrected chi connectivity index (χ4v) is 3.39. The van der Waals surface area contributed by atoms with E-state index in [0.717, 1.165) is 42.9 Å². The number of fused-ring (bicyclic) bond motifs is 1. The fourth-order valence-electron chi connectivity index (χ4n) is 3.39. The Hall–Kier alpha value is -1.88. The summed E-state index contributed by atoms with van der Waals surface area (Å²) in [5.41, 5.74) is 3.78. The van der Waals surface area contributed by atoms with Gasteiger partial charge in [-0.25, -0.2) is 4.79 Å². The van der Waals surface area contributed by atoms with Crippen LogP contribution >= 0.6 is 12.4 Å². The van der Waals surface area contributed by atoms with E-state index in [1.807, 2.05) is 26.1 Å². The summed E-state index contributed by atoms with van der Waals surface area (Å²) in [6, 6.07) is 5.91. The van der Waals surface area contributed by atoms with Gasteiger partial charge in [0.2, 0.25) is 0 Å². The number of allylic oxidation sites excluding steroid dienone is 1. The van der Waals surface area contributed by atoms with Gasteiger partial charge in [-0.1, -0.05) is 6.07 Å². The quantitative estimate of drug-likeness (QED) is 0.847. The zero-order valence-electron chi connectivity index (χ0n) is 14.4. The first-order valence-corrected chi connectivity index (χ1v) is 8.20. The first-order chi connectivity index (χ1) is 11.1. The molecule has 0 fully saturated rings. The van der Waals surface area contributed by atoms with Gasteiger partial charge in [0.15, 0.2) is 0 Å². The molecule has 3 rings (SSSR count).